The molecule has 1 saturated heterocycles. The van der Waals surface area contributed by atoms with Gasteiger partial charge in [0.25, 0.3) is 0 Å². The van der Waals surface area contributed by atoms with Gasteiger partial charge in [0.2, 0.25) is 0 Å². The third-order valence-corrected chi connectivity index (χ3v) is 3.39. The van der Waals surface area contributed by atoms with Gasteiger partial charge < -0.3 is 0 Å². The van der Waals surface area contributed by atoms with E-state index in [1.807, 2.05) is 11.9 Å². The Morgan fingerprint density at radius 3 is 2.37 bits per heavy atom. The van der Waals surface area contributed by atoms with E-state index in [9.17, 15) is 17.6 Å². The molecule has 1 aliphatic rings. The quantitative estimate of drug-likeness (QED) is 0.766. The minimum atomic E-state index is -4.18. The summed E-state index contributed by atoms with van der Waals surface area (Å²) in [6, 6.07) is 5.82. The monoisotopic (exact) mass is 276 g/mol. The third-order valence-electron chi connectivity index (χ3n) is 3.39. The molecule has 1 aliphatic heterocycles. The second-order valence-corrected chi connectivity index (χ2v) is 4.90. The highest BCUT2D eigenvalue weighted by Gasteiger charge is 2.34. The van der Waals surface area contributed by atoms with E-state index >= 15 is 0 Å². The first kappa shape index (κ1) is 14.3. The number of alkyl halides is 3. The molecule has 1 aromatic rings. The Bertz CT molecular complexity index is 416. The number of benzene rings is 1. The van der Waals surface area contributed by atoms with Crippen LogP contribution < -0.4 is 0 Å². The Balaban J connectivity index is 2.08. The van der Waals surface area contributed by atoms with Crippen LogP contribution in [0.2, 0.25) is 0 Å². The van der Waals surface area contributed by atoms with E-state index in [-0.39, 0.29) is 11.9 Å². The summed E-state index contributed by atoms with van der Waals surface area (Å²) in [7, 11) is 1.87. The molecule has 0 unspecified atom stereocenters. The number of rotatable bonds is 2. The first-order valence-corrected chi connectivity index (χ1v) is 6.10. The number of hydrogen-bond donors (Lipinski definition) is 0. The molecule has 0 bridgehead atoms. The maximum Gasteiger partial charge on any atom is 0.401 e. The minimum absolute atomic E-state index is 0.128. The van der Waals surface area contributed by atoms with Crippen LogP contribution in [0.4, 0.5) is 17.6 Å². The first-order valence-electron chi connectivity index (χ1n) is 6.10. The molecule has 1 heterocycles. The van der Waals surface area contributed by atoms with E-state index in [0.29, 0.717) is 19.6 Å². The molecule has 1 fully saturated rings. The highest BCUT2D eigenvalue weighted by Crippen LogP contribution is 2.26. The Morgan fingerprint density at radius 2 is 1.79 bits per heavy atom. The SMILES string of the molecule is CN1CCN(CC(F)(F)F)C[C@H]1c1ccc(F)cc1. The second kappa shape index (κ2) is 5.46. The fraction of sp³-hybridized carbons (Fsp3) is 0.538. The largest absolute Gasteiger partial charge is 0.401 e. The molecule has 106 valence electrons. The minimum Gasteiger partial charge on any atom is -0.297 e. The summed E-state index contributed by atoms with van der Waals surface area (Å²) < 4.78 is 50.1. The summed E-state index contributed by atoms with van der Waals surface area (Å²) in [5.74, 6) is -0.339. The van der Waals surface area contributed by atoms with E-state index < -0.39 is 12.7 Å². The molecule has 0 spiro atoms. The molecule has 0 N–H and O–H groups in total. The summed E-state index contributed by atoms with van der Waals surface area (Å²) in [6.45, 7) is 0.381. The van der Waals surface area contributed by atoms with Gasteiger partial charge in [-0.3, -0.25) is 9.80 Å². The van der Waals surface area contributed by atoms with Crippen LogP contribution in [0.15, 0.2) is 24.3 Å². The van der Waals surface area contributed by atoms with Crippen LogP contribution >= 0.6 is 0 Å². The average Bonchev–Trinajstić information content (AvgIpc) is 2.31. The summed E-state index contributed by atoms with van der Waals surface area (Å²) in [5.41, 5.74) is 0.843. The topological polar surface area (TPSA) is 6.48 Å². The predicted molar refractivity (Wildman–Crippen MR) is 64.3 cm³/mol. The van der Waals surface area contributed by atoms with Crippen molar-refractivity contribution in [3.63, 3.8) is 0 Å². The van der Waals surface area contributed by atoms with E-state index in [4.69, 9.17) is 0 Å². The molecule has 0 radical (unpaired) electrons. The lowest BCUT2D eigenvalue weighted by molar-refractivity contribution is -0.151. The van der Waals surface area contributed by atoms with Crippen molar-refractivity contribution in [1.29, 1.82) is 0 Å². The molecule has 2 nitrogen and oxygen atoms in total. The smallest absolute Gasteiger partial charge is 0.297 e. The van der Waals surface area contributed by atoms with E-state index in [1.165, 1.54) is 17.0 Å². The van der Waals surface area contributed by atoms with Gasteiger partial charge in [0.05, 0.1) is 6.54 Å². The van der Waals surface area contributed by atoms with E-state index in [0.717, 1.165) is 5.56 Å². The number of hydrogen-bond acceptors (Lipinski definition) is 2. The van der Waals surface area contributed by atoms with E-state index in [2.05, 4.69) is 0 Å². The zero-order valence-corrected chi connectivity index (χ0v) is 10.6. The maximum absolute atomic E-state index is 12.9. The zero-order chi connectivity index (χ0) is 14.0. The van der Waals surface area contributed by atoms with Crippen molar-refractivity contribution in [3.8, 4) is 0 Å². The van der Waals surface area contributed by atoms with Gasteiger partial charge in [-0.15, -0.1) is 0 Å². The Morgan fingerprint density at radius 1 is 1.16 bits per heavy atom. The van der Waals surface area contributed by atoms with Crippen LogP contribution in [0.5, 0.6) is 0 Å². The number of likely N-dealkylation sites (N-methyl/N-ethyl adjacent to an activating group) is 1. The lowest BCUT2D eigenvalue weighted by Crippen LogP contribution is -2.49. The maximum atomic E-state index is 12.9. The molecule has 6 heteroatoms. The van der Waals surface area contributed by atoms with Crippen molar-refractivity contribution in [2.45, 2.75) is 12.2 Å². The standard InChI is InChI=1S/C13H16F4N2/c1-18-6-7-19(9-13(15,16)17)8-12(18)10-2-4-11(14)5-3-10/h2-5,12H,6-9H2,1H3/t12-/m0/s1. The molecule has 0 amide bonds. The van der Waals surface area contributed by atoms with Crippen molar-refractivity contribution in [2.24, 2.45) is 0 Å². The van der Waals surface area contributed by atoms with E-state index in [1.54, 1.807) is 12.1 Å². The Hall–Kier alpha value is -1.14. The van der Waals surface area contributed by atoms with Crippen molar-refractivity contribution in [1.82, 2.24) is 9.80 Å². The van der Waals surface area contributed by atoms with Crippen molar-refractivity contribution >= 4 is 0 Å². The number of nitrogens with zero attached hydrogens (tertiary/aromatic N) is 2. The first-order chi connectivity index (χ1) is 8.85. The van der Waals surface area contributed by atoms with Gasteiger partial charge in [0.15, 0.2) is 0 Å². The van der Waals surface area contributed by atoms with Gasteiger partial charge in [-0.05, 0) is 24.7 Å². The molecule has 0 saturated carbocycles. The van der Waals surface area contributed by atoms with Gasteiger partial charge in [-0.2, -0.15) is 13.2 Å². The highest BCUT2D eigenvalue weighted by molar-refractivity contribution is 5.21. The summed E-state index contributed by atoms with van der Waals surface area (Å²) in [4.78, 5) is 3.40. The number of piperazine rings is 1. The molecule has 0 aromatic heterocycles. The Labute approximate surface area is 109 Å². The third kappa shape index (κ3) is 3.91. The lowest BCUT2D eigenvalue weighted by Gasteiger charge is -2.39. The lowest BCUT2D eigenvalue weighted by atomic mass is 10.0. The highest BCUT2D eigenvalue weighted by atomic mass is 19.4. The fourth-order valence-corrected chi connectivity index (χ4v) is 2.37. The molecule has 0 aliphatic carbocycles. The van der Waals surface area contributed by atoms with Crippen LogP contribution in [-0.2, 0) is 0 Å². The van der Waals surface area contributed by atoms with Gasteiger partial charge in [0, 0.05) is 25.7 Å². The van der Waals surface area contributed by atoms with Gasteiger partial charge in [0.1, 0.15) is 5.82 Å². The van der Waals surface area contributed by atoms with Crippen LogP contribution in [-0.4, -0.2) is 49.2 Å². The molecular formula is C13H16F4N2. The van der Waals surface area contributed by atoms with Crippen LogP contribution in [0.25, 0.3) is 0 Å². The van der Waals surface area contributed by atoms with Crippen LogP contribution in [0.3, 0.4) is 0 Å². The Kier molecular flexibility index (Phi) is 4.10. The van der Waals surface area contributed by atoms with Crippen LogP contribution in [0.1, 0.15) is 11.6 Å². The molecule has 2 rings (SSSR count). The van der Waals surface area contributed by atoms with Gasteiger partial charge in [-0.1, -0.05) is 12.1 Å². The second-order valence-electron chi connectivity index (χ2n) is 4.90. The van der Waals surface area contributed by atoms with Gasteiger partial charge in [-0.25, -0.2) is 4.39 Å². The average molecular weight is 276 g/mol. The molecule has 1 aromatic carbocycles. The molecular weight excluding hydrogens is 260 g/mol. The van der Waals surface area contributed by atoms with Crippen molar-refractivity contribution in [2.75, 3.05) is 33.2 Å². The van der Waals surface area contributed by atoms with Crippen LogP contribution in [0, 0.1) is 5.82 Å². The molecule has 19 heavy (non-hydrogen) atoms. The molecule has 1 atom stereocenters. The summed E-state index contributed by atoms with van der Waals surface area (Å²) >= 11 is 0. The summed E-state index contributed by atoms with van der Waals surface area (Å²) in [5, 5.41) is 0. The number of halogens is 4. The normalized spacial score (nSPS) is 22.7. The summed E-state index contributed by atoms with van der Waals surface area (Å²) in [6.07, 6.45) is -4.18. The fourth-order valence-electron chi connectivity index (χ4n) is 2.37. The predicted octanol–water partition coefficient (Wildman–Crippen LogP) is 2.68. The van der Waals surface area contributed by atoms with Gasteiger partial charge >= 0.3 is 6.18 Å². The van der Waals surface area contributed by atoms with Crippen molar-refractivity contribution < 1.29 is 17.6 Å². The zero-order valence-electron chi connectivity index (χ0n) is 10.6. The van der Waals surface area contributed by atoms with Crippen molar-refractivity contribution in [3.05, 3.63) is 35.6 Å².